The summed E-state index contributed by atoms with van der Waals surface area (Å²) < 4.78 is 0. The number of aliphatic hydroxyl groups is 1. The molecule has 1 aromatic heterocycles. The van der Waals surface area contributed by atoms with Crippen molar-refractivity contribution < 1.29 is 5.11 Å². The van der Waals surface area contributed by atoms with E-state index in [1.807, 2.05) is 12.4 Å². The second-order valence-electron chi connectivity index (χ2n) is 4.11. The predicted octanol–water partition coefficient (Wildman–Crippen LogP) is 0.814. The van der Waals surface area contributed by atoms with Crippen molar-refractivity contribution in [1.29, 1.82) is 0 Å². The Morgan fingerprint density at radius 1 is 1.50 bits per heavy atom. The molecular formula is C11H16N2O. The molecule has 0 amide bonds. The summed E-state index contributed by atoms with van der Waals surface area (Å²) >= 11 is 0. The molecule has 1 aliphatic rings. The van der Waals surface area contributed by atoms with E-state index in [2.05, 4.69) is 22.9 Å². The van der Waals surface area contributed by atoms with Crippen LogP contribution in [0.5, 0.6) is 0 Å². The highest BCUT2D eigenvalue weighted by atomic mass is 16.3. The van der Waals surface area contributed by atoms with Crippen molar-refractivity contribution in [3.05, 3.63) is 29.6 Å². The van der Waals surface area contributed by atoms with E-state index >= 15 is 0 Å². The van der Waals surface area contributed by atoms with Crippen molar-refractivity contribution in [2.45, 2.75) is 13.5 Å². The van der Waals surface area contributed by atoms with Crippen LogP contribution in [0.4, 0.5) is 0 Å². The van der Waals surface area contributed by atoms with E-state index in [0.29, 0.717) is 12.5 Å². The standard InChI is InChI=1S/C11H16N2O/c1-9-2-10(4-12-3-9)5-13-6-11(7-13)8-14/h2-4,11,14H,5-8H2,1H3. The van der Waals surface area contributed by atoms with E-state index < -0.39 is 0 Å². The normalized spacial score (nSPS) is 18.1. The third-order valence-corrected chi connectivity index (χ3v) is 2.63. The first-order valence-corrected chi connectivity index (χ1v) is 5.01. The maximum atomic E-state index is 8.87. The van der Waals surface area contributed by atoms with Crippen LogP contribution in [0.15, 0.2) is 18.5 Å². The van der Waals surface area contributed by atoms with Crippen molar-refractivity contribution in [3.63, 3.8) is 0 Å². The molecule has 2 rings (SSSR count). The van der Waals surface area contributed by atoms with Crippen LogP contribution < -0.4 is 0 Å². The highest BCUT2D eigenvalue weighted by Crippen LogP contribution is 2.17. The van der Waals surface area contributed by atoms with Gasteiger partial charge in [0.1, 0.15) is 0 Å². The zero-order valence-electron chi connectivity index (χ0n) is 8.48. The van der Waals surface area contributed by atoms with Gasteiger partial charge in [0.05, 0.1) is 0 Å². The molecular weight excluding hydrogens is 176 g/mol. The van der Waals surface area contributed by atoms with Gasteiger partial charge in [0.25, 0.3) is 0 Å². The fraction of sp³-hybridized carbons (Fsp3) is 0.545. The molecule has 0 saturated carbocycles. The minimum absolute atomic E-state index is 0.322. The van der Waals surface area contributed by atoms with E-state index in [4.69, 9.17) is 5.11 Å². The maximum absolute atomic E-state index is 8.87. The van der Waals surface area contributed by atoms with Gasteiger partial charge in [-0.2, -0.15) is 0 Å². The van der Waals surface area contributed by atoms with Crippen LogP contribution in [-0.4, -0.2) is 34.7 Å². The Hall–Kier alpha value is -0.930. The van der Waals surface area contributed by atoms with Gasteiger partial charge in [-0.05, 0) is 18.1 Å². The number of rotatable bonds is 3. The molecule has 3 heteroatoms. The van der Waals surface area contributed by atoms with Crippen molar-refractivity contribution in [2.24, 2.45) is 5.92 Å². The fourth-order valence-corrected chi connectivity index (χ4v) is 1.88. The highest BCUT2D eigenvalue weighted by Gasteiger charge is 2.25. The highest BCUT2D eigenvalue weighted by molar-refractivity contribution is 5.16. The van der Waals surface area contributed by atoms with Gasteiger partial charge in [0.2, 0.25) is 0 Å². The Morgan fingerprint density at radius 3 is 2.93 bits per heavy atom. The first kappa shape index (κ1) is 9.62. The van der Waals surface area contributed by atoms with E-state index in [0.717, 1.165) is 19.6 Å². The molecule has 14 heavy (non-hydrogen) atoms. The summed E-state index contributed by atoms with van der Waals surface area (Å²) in [5, 5.41) is 8.87. The topological polar surface area (TPSA) is 36.4 Å². The molecule has 1 N–H and O–H groups in total. The zero-order valence-corrected chi connectivity index (χ0v) is 8.48. The number of pyridine rings is 1. The van der Waals surface area contributed by atoms with Crippen molar-refractivity contribution in [2.75, 3.05) is 19.7 Å². The quantitative estimate of drug-likeness (QED) is 0.770. The van der Waals surface area contributed by atoms with Crippen LogP contribution in [-0.2, 0) is 6.54 Å². The molecule has 0 radical (unpaired) electrons. The minimum atomic E-state index is 0.322. The third-order valence-electron chi connectivity index (χ3n) is 2.63. The van der Waals surface area contributed by atoms with Gasteiger partial charge in [-0.1, -0.05) is 6.07 Å². The third kappa shape index (κ3) is 2.11. The molecule has 1 saturated heterocycles. The predicted molar refractivity (Wildman–Crippen MR) is 54.8 cm³/mol. The Bertz CT molecular complexity index is 308. The molecule has 1 aliphatic heterocycles. The summed E-state index contributed by atoms with van der Waals surface area (Å²) in [6.07, 6.45) is 3.79. The molecule has 0 aromatic carbocycles. The van der Waals surface area contributed by atoms with Crippen molar-refractivity contribution in [3.8, 4) is 0 Å². The molecule has 3 nitrogen and oxygen atoms in total. The second kappa shape index (κ2) is 4.07. The van der Waals surface area contributed by atoms with E-state index in [1.165, 1.54) is 11.1 Å². The SMILES string of the molecule is Cc1cncc(CN2CC(CO)C2)c1. The number of nitrogens with zero attached hydrogens (tertiary/aromatic N) is 2. The number of hydrogen-bond donors (Lipinski definition) is 1. The van der Waals surface area contributed by atoms with Crippen LogP contribution in [0.1, 0.15) is 11.1 Å². The lowest BCUT2D eigenvalue weighted by atomic mass is 10.0. The second-order valence-corrected chi connectivity index (χ2v) is 4.11. The molecule has 0 atom stereocenters. The van der Waals surface area contributed by atoms with Gasteiger partial charge in [-0.25, -0.2) is 0 Å². The minimum Gasteiger partial charge on any atom is -0.396 e. The largest absolute Gasteiger partial charge is 0.396 e. The Morgan fingerprint density at radius 2 is 2.29 bits per heavy atom. The first-order chi connectivity index (χ1) is 6.78. The van der Waals surface area contributed by atoms with Crippen LogP contribution >= 0.6 is 0 Å². The summed E-state index contributed by atoms with van der Waals surface area (Å²) in [4.78, 5) is 6.49. The van der Waals surface area contributed by atoms with E-state index in [1.54, 1.807) is 0 Å². The Balaban J connectivity index is 1.87. The summed E-state index contributed by atoms with van der Waals surface area (Å²) in [5.41, 5.74) is 2.48. The van der Waals surface area contributed by atoms with Crippen LogP contribution in [0.3, 0.4) is 0 Å². The summed E-state index contributed by atoms with van der Waals surface area (Å²) in [6, 6.07) is 2.17. The van der Waals surface area contributed by atoms with Gasteiger partial charge in [-0.3, -0.25) is 9.88 Å². The molecule has 0 aliphatic carbocycles. The van der Waals surface area contributed by atoms with Crippen LogP contribution in [0.25, 0.3) is 0 Å². The molecule has 76 valence electrons. The lowest BCUT2D eigenvalue weighted by Crippen LogP contribution is -2.47. The monoisotopic (exact) mass is 192 g/mol. The zero-order chi connectivity index (χ0) is 9.97. The van der Waals surface area contributed by atoms with Gasteiger partial charge in [-0.15, -0.1) is 0 Å². The Labute approximate surface area is 84.4 Å². The van der Waals surface area contributed by atoms with Crippen molar-refractivity contribution >= 4 is 0 Å². The number of aliphatic hydroxyl groups excluding tert-OH is 1. The molecule has 0 unspecified atom stereocenters. The van der Waals surface area contributed by atoms with Crippen molar-refractivity contribution in [1.82, 2.24) is 9.88 Å². The number of hydrogen-bond acceptors (Lipinski definition) is 3. The van der Waals surface area contributed by atoms with Gasteiger partial charge < -0.3 is 5.11 Å². The number of aromatic nitrogens is 1. The number of likely N-dealkylation sites (tertiary alicyclic amines) is 1. The average Bonchev–Trinajstić information content (AvgIpc) is 2.10. The van der Waals surface area contributed by atoms with E-state index in [9.17, 15) is 0 Å². The molecule has 0 spiro atoms. The summed E-state index contributed by atoms with van der Waals surface area (Å²) in [5.74, 6) is 0.493. The van der Waals surface area contributed by atoms with Gasteiger partial charge in [0, 0.05) is 44.6 Å². The summed E-state index contributed by atoms with van der Waals surface area (Å²) in [6.45, 7) is 5.38. The lowest BCUT2D eigenvalue weighted by molar-refractivity contribution is 0.0478. The molecule has 1 fully saturated rings. The van der Waals surface area contributed by atoms with E-state index in [-0.39, 0.29) is 0 Å². The lowest BCUT2D eigenvalue weighted by Gasteiger charge is -2.38. The van der Waals surface area contributed by atoms with Crippen LogP contribution in [0.2, 0.25) is 0 Å². The molecule has 2 heterocycles. The maximum Gasteiger partial charge on any atom is 0.0483 e. The first-order valence-electron chi connectivity index (χ1n) is 5.01. The fourth-order valence-electron chi connectivity index (χ4n) is 1.88. The molecule has 1 aromatic rings. The van der Waals surface area contributed by atoms with Gasteiger partial charge in [0.15, 0.2) is 0 Å². The smallest absolute Gasteiger partial charge is 0.0483 e. The summed E-state index contributed by atoms with van der Waals surface area (Å²) in [7, 11) is 0. The average molecular weight is 192 g/mol. The molecule has 0 bridgehead atoms. The Kier molecular flexibility index (Phi) is 2.79. The van der Waals surface area contributed by atoms with Gasteiger partial charge >= 0.3 is 0 Å². The van der Waals surface area contributed by atoms with Crippen LogP contribution in [0, 0.1) is 12.8 Å². The number of aryl methyl sites for hydroxylation is 1.